The molecule has 2 heterocycles. The molecule has 1 saturated heterocycles. The topological polar surface area (TPSA) is 134 Å². The van der Waals surface area contributed by atoms with E-state index in [1.54, 1.807) is 6.07 Å². The minimum Gasteiger partial charge on any atom is -0.477 e. The van der Waals surface area contributed by atoms with Gasteiger partial charge < -0.3 is 15.6 Å². The number of hydrogen-bond donors (Lipinski definition) is 2. The van der Waals surface area contributed by atoms with Gasteiger partial charge in [0, 0.05) is 18.2 Å². The first-order valence-electron chi connectivity index (χ1n) is 5.62. The van der Waals surface area contributed by atoms with Crippen molar-refractivity contribution in [3.63, 3.8) is 0 Å². The fraction of sp³-hybridized carbons (Fsp3) is 0.455. The highest BCUT2D eigenvalue weighted by Crippen LogP contribution is 2.40. The Kier molecular flexibility index (Phi) is 3.69. The zero-order valence-corrected chi connectivity index (χ0v) is 11.2. The zero-order chi connectivity index (χ0) is 15.0. The number of esters is 1. The zero-order valence-electron chi connectivity index (χ0n) is 10.4. The summed E-state index contributed by atoms with van der Waals surface area (Å²) in [5.74, 6) is -2.41. The molecule has 0 spiro atoms. The molecule has 1 fully saturated rings. The van der Waals surface area contributed by atoms with Crippen LogP contribution in [-0.2, 0) is 19.1 Å². The van der Waals surface area contributed by atoms with E-state index in [2.05, 4.69) is 0 Å². The van der Waals surface area contributed by atoms with Crippen molar-refractivity contribution in [3.05, 3.63) is 11.3 Å². The molecule has 2 rings (SSSR count). The molecular formula is C11H11N3O5S. The lowest BCUT2D eigenvalue weighted by molar-refractivity contribution is -0.148. The Morgan fingerprint density at radius 3 is 2.80 bits per heavy atom. The molecule has 8 nitrogen and oxygen atoms in total. The van der Waals surface area contributed by atoms with E-state index in [9.17, 15) is 19.5 Å². The maximum atomic E-state index is 11.7. The van der Waals surface area contributed by atoms with Gasteiger partial charge in [-0.25, -0.2) is 4.79 Å². The summed E-state index contributed by atoms with van der Waals surface area (Å²) in [7, 11) is 0. The first-order valence-corrected chi connectivity index (χ1v) is 6.66. The third kappa shape index (κ3) is 2.13. The van der Waals surface area contributed by atoms with Crippen LogP contribution in [0.3, 0.4) is 0 Å². The summed E-state index contributed by atoms with van der Waals surface area (Å²) in [6, 6.07) is 0.981. The van der Waals surface area contributed by atoms with E-state index in [0.29, 0.717) is 0 Å². The first kappa shape index (κ1) is 14.4. The molecule has 2 aliphatic heterocycles. The summed E-state index contributed by atoms with van der Waals surface area (Å²) < 4.78 is 4.79. The highest BCUT2D eigenvalue weighted by atomic mass is 32.2. The van der Waals surface area contributed by atoms with Gasteiger partial charge in [-0.3, -0.25) is 14.5 Å². The smallest absolute Gasteiger partial charge is 0.352 e. The number of carbonyl (C=O) groups is 3. The van der Waals surface area contributed by atoms with Crippen molar-refractivity contribution in [3.8, 4) is 6.07 Å². The SMILES string of the molecule is CC(=O)OC(C#N)C1=C(C(=O)O)N2C(=O)[C@H](N)[C@H]2SC1. The van der Waals surface area contributed by atoms with Crippen LogP contribution in [0.25, 0.3) is 0 Å². The fourth-order valence-electron chi connectivity index (χ4n) is 2.08. The largest absolute Gasteiger partial charge is 0.477 e. The van der Waals surface area contributed by atoms with Gasteiger partial charge in [-0.05, 0) is 0 Å². The second kappa shape index (κ2) is 5.15. The third-order valence-electron chi connectivity index (χ3n) is 2.96. The summed E-state index contributed by atoms with van der Waals surface area (Å²) in [5.41, 5.74) is 5.38. The van der Waals surface area contributed by atoms with Crippen LogP contribution in [0.5, 0.6) is 0 Å². The van der Waals surface area contributed by atoms with E-state index in [1.807, 2.05) is 0 Å². The van der Waals surface area contributed by atoms with Crippen LogP contribution in [0.1, 0.15) is 6.92 Å². The molecule has 3 atom stereocenters. The van der Waals surface area contributed by atoms with E-state index < -0.39 is 35.4 Å². The van der Waals surface area contributed by atoms with Crippen LogP contribution < -0.4 is 5.73 Å². The maximum Gasteiger partial charge on any atom is 0.352 e. The Hall–Kier alpha value is -2.05. The first-order chi connectivity index (χ1) is 9.38. The van der Waals surface area contributed by atoms with Crippen molar-refractivity contribution < 1.29 is 24.2 Å². The number of nitriles is 1. The lowest BCUT2D eigenvalue weighted by atomic mass is 10.0. The summed E-state index contributed by atoms with van der Waals surface area (Å²) >= 11 is 1.24. The fourth-order valence-corrected chi connectivity index (χ4v) is 3.40. The summed E-state index contributed by atoms with van der Waals surface area (Å²) in [6.07, 6.45) is -1.32. The van der Waals surface area contributed by atoms with Gasteiger partial charge >= 0.3 is 11.9 Å². The molecule has 1 unspecified atom stereocenters. The molecule has 1 amide bonds. The number of carboxylic acids is 1. The van der Waals surface area contributed by atoms with Crippen molar-refractivity contribution in [1.82, 2.24) is 4.90 Å². The number of fused-ring (bicyclic) bond motifs is 1. The second-order valence-electron chi connectivity index (χ2n) is 4.23. The van der Waals surface area contributed by atoms with E-state index >= 15 is 0 Å². The van der Waals surface area contributed by atoms with Crippen molar-refractivity contribution in [2.45, 2.75) is 24.4 Å². The van der Waals surface area contributed by atoms with Gasteiger partial charge in [-0.2, -0.15) is 5.26 Å². The van der Waals surface area contributed by atoms with Crippen molar-refractivity contribution in [1.29, 1.82) is 5.26 Å². The van der Waals surface area contributed by atoms with E-state index in [1.165, 1.54) is 11.8 Å². The van der Waals surface area contributed by atoms with Gasteiger partial charge in [0.1, 0.15) is 23.2 Å². The Morgan fingerprint density at radius 1 is 1.65 bits per heavy atom. The molecule has 106 valence electrons. The van der Waals surface area contributed by atoms with Gasteiger partial charge in [0.25, 0.3) is 0 Å². The van der Waals surface area contributed by atoms with Crippen molar-refractivity contribution >= 4 is 29.6 Å². The van der Waals surface area contributed by atoms with Crippen LogP contribution >= 0.6 is 11.8 Å². The van der Waals surface area contributed by atoms with Crippen molar-refractivity contribution in [2.75, 3.05) is 5.75 Å². The van der Waals surface area contributed by atoms with Crippen molar-refractivity contribution in [2.24, 2.45) is 5.73 Å². The number of aliphatic carboxylic acids is 1. The minimum absolute atomic E-state index is 0.0942. The number of β-lactam (4-membered cyclic amide) rings is 1. The lowest BCUT2D eigenvalue weighted by Crippen LogP contribution is -2.68. The molecule has 0 radical (unpaired) electrons. The Morgan fingerprint density at radius 2 is 2.30 bits per heavy atom. The number of rotatable bonds is 3. The van der Waals surface area contributed by atoms with Gasteiger partial charge in [0.05, 0.1) is 0 Å². The average molecular weight is 297 g/mol. The van der Waals surface area contributed by atoms with E-state index in [-0.39, 0.29) is 17.0 Å². The quantitative estimate of drug-likeness (QED) is 0.501. The van der Waals surface area contributed by atoms with Crippen LogP contribution in [0.4, 0.5) is 0 Å². The highest BCUT2D eigenvalue weighted by Gasteiger charge is 2.52. The Bertz CT molecular complexity index is 567. The molecule has 0 saturated carbocycles. The number of hydrogen-bond acceptors (Lipinski definition) is 7. The number of ether oxygens (including phenoxy) is 1. The predicted octanol–water partition coefficient (Wildman–Crippen LogP) is -0.977. The maximum absolute atomic E-state index is 11.7. The number of carboxylic acid groups (broad SMARTS) is 1. The number of thioether (sulfide) groups is 1. The molecule has 3 N–H and O–H groups in total. The standard InChI is InChI=1S/C11H11N3O5S/c1-4(15)19-6(2-12)5-3-20-10-7(13)9(16)14(10)8(5)11(17)18/h6-7,10H,3,13H2,1H3,(H,17,18)/t6?,7-,10+/m0/s1. The average Bonchev–Trinajstić information content (AvgIpc) is 2.41. The normalized spacial score (nSPS) is 26.2. The van der Waals surface area contributed by atoms with Crippen LogP contribution in [0.2, 0.25) is 0 Å². The third-order valence-corrected chi connectivity index (χ3v) is 4.28. The molecule has 9 heteroatoms. The molecule has 0 aromatic heterocycles. The van der Waals surface area contributed by atoms with Gasteiger partial charge in [0.2, 0.25) is 12.0 Å². The molecule has 0 aromatic carbocycles. The Labute approximate surface area is 118 Å². The molecule has 0 bridgehead atoms. The van der Waals surface area contributed by atoms with Crippen LogP contribution in [0.15, 0.2) is 11.3 Å². The van der Waals surface area contributed by atoms with E-state index in [0.717, 1.165) is 11.8 Å². The lowest BCUT2D eigenvalue weighted by Gasteiger charge is -2.48. The Balaban J connectivity index is 2.42. The second-order valence-corrected chi connectivity index (χ2v) is 5.34. The predicted molar refractivity (Wildman–Crippen MR) is 66.9 cm³/mol. The molecule has 0 aromatic rings. The van der Waals surface area contributed by atoms with E-state index in [4.69, 9.17) is 15.7 Å². The van der Waals surface area contributed by atoms with Gasteiger partial charge in [-0.1, -0.05) is 0 Å². The van der Waals surface area contributed by atoms with Gasteiger partial charge in [-0.15, -0.1) is 11.8 Å². The highest BCUT2D eigenvalue weighted by molar-refractivity contribution is 8.00. The number of nitrogens with zero attached hydrogens (tertiary/aromatic N) is 2. The molecule has 0 aliphatic carbocycles. The summed E-state index contributed by atoms with van der Waals surface area (Å²) in [4.78, 5) is 35.1. The van der Waals surface area contributed by atoms with Crippen LogP contribution in [0, 0.1) is 11.3 Å². The number of carbonyl (C=O) groups excluding carboxylic acids is 2. The number of nitrogens with two attached hydrogens (primary N) is 1. The van der Waals surface area contributed by atoms with Crippen LogP contribution in [-0.4, -0.2) is 51.1 Å². The minimum atomic E-state index is -1.35. The molecule has 2 aliphatic rings. The molecular weight excluding hydrogens is 286 g/mol. The van der Waals surface area contributed by atoms with Gasteiger partial charge in [0.15, 0.2) is 0 Å². The monoisotopic (exact) mass is 297 g/mol. The summed E-state index contributed by atoms with van der Waals surface area (Å²) in [6.45, 7) is 1.12. The summed E-state index contributed by atoms with van der Waals surface area (Å²) in [5, 5.41) is 17.8. The molecule has 20 heavy (non-hydrogen) atoms. The number of amides is 1.